The largest absolute Gasteiger partial charge is 0.336 e. The monoisotopic (exact) mass is 367 g/mol. The van der Waals surface area contributed by atoms with Gasteiger partial charge in [-0.1, -0.05) is 23.7 Å². The van der Waals surface area contributed by atoms with Crippen molar-refractivity contribution in [1.82, 2.24) is 19.9 Å². The Bertz CT molecular complexity index is 1070. The molecule has 0 radical (unpaired) electrons. The minimum atomic E-state index is -1.04. The number of pyridine rings is 1. The number of nitrogens with one attached hydrogen (secondary N) is 2. The normalized spacial score (nSPS) is 18.3. The lowest BCUT2D eigenvalue weighted by Gasteiger charge is -2.28. The molecule has 0 fully saturated rings. The maximum atomic E-state index is 13.1. The molecule has 2 N–H and O–H groups in total. The van der Waals surface area contributed by atoms with Gasteiger partial charge in [0.1, 0.15) is 29.2 Å². The first-order chi connectivity index (χ1) is 12.5. The smallest absolute Gasteiger partial charge is 0.277 e. The lowest BCUT2D eigenvalue weighted by atomic mass is 10.0. The number of anilines is 2. The van der Waals surface area contributed by atoms with Gasteiger partial charge in [0.25, 0.3) is 11.5 Å². The van der Waals surface area contributed by atoms with Gasteiger partial charge in [-0.2, -0.15) is 0 Å². The van der Waals surface area contributed by atoms with Crippen LogP contribution in [-0.4, -0.2) is 20.4 Å². The van der Waals surface area contributed by atoms with Crippen molar-refractivity contribution in [1.29, 1.82) is 0 Å². The minimum Gasteiger partial charge on any atom is -0.336 e. The molecule has 2 aromatic heterocycles. The first kappa shape index (κ1) is 16.3. The zero-order valence-electron chi connectivity index (χ0n) is 13.7. The summed E-state index contributed by atoms with van der Waals surface area (Å²) in [5.41, 5.74) is -0.0964. The van der Waals surface area contributed by atoms with Crippen LogP contribution in [0.5, 0.6) is 0 Å². The quantitative estimate of drug-likeness (QED) is 0.742. The van der Waals surface area contributed by atoms with Gasteiger partial charge in [-0.25, -0.2) is 9.97 Å². The Kier molecular flexibility index (Phi) is 3.73. The van der Waals surface area contributed by atoms with E-state index in [1.165, 1.54) is 10.9 Å². The second-order valence-electron chi connectivity index (χ2n) is 6.03. The van der Waals surface area contributed by atoms with Gasteiger partial charge in [0.05, 0.1) is 0 Å². The molecule has 3 aromatic rings. The first-order valence-electron chi connectivity index (χ1n) is 7.87. The third kappa shape index (κ3) is 2.53. The molecular weight excluding hydrogens is 354 g/mol. The van der Waals surface area contributed by atoms with E-state index in [2.05, 4.69) is 20.6 Å². The van der Waals surface area contributed by atoms with E-state index < -0.39 is 5.66 Å². The Morgan fingerprint density at radius 1 is 1.19 bits per heavy atom. The lowest BCUT2D eigenvalue weighted by Crippen LogP contribution is -2.45. The number of benzene rings is 1. The topological polar surface area (TPSA) is 88.9 Å². The number of aromatic nitrogens is 3. The number of rotatable bonds is 3. The highest BCUT2D eigenvalue weighted by molar-refractivity contribution is 6.30. The van der Waals surface area contributed by atoms with Crippen LogP contribution in [0.3, 0.4) is 0 Å². The van der Waals surface area contributed by atoms with Crippen molar-refractivity contribution < 1.29 is 4.79 Å². The summed E-state index contributed by atoms with van der Waals surface area (Å²) in [6.07, 6.45) is 2.95. The summed E-state index contributed by atoms with van der Waals surface area (Å²) in [6, 6.07) is 11.9. The Labute approximate surface area is 153 Å². The highest BCUT2D eigenvalue weighted by atomic mass is 35.5. The molecule has 1 aliphatic heterocycles. The Morgan fingerprint density at radius 3 is 2.77 bits per heavy atom. The van der Waals surface area contributed by atoms with Crippen molar-refractivity contribution in [3.05, 3.63) is 81.6 Å². The van der Waals surface area contributed by atoms with Crippen LogP contribution in [0, 0.1) is 0 Å². The molecule has 0 saturated heterocycles. The average molecular weight is 368 g/mol. The summed E-state index contributed by atoms with van der Waals surface area (Å²) < 4.78 is 1.44. The van der Waals surface area contributed by atoms with Gasteiger partial charge >= 0.3 is 0 Å². The van der Waals surface area contributed by atoms with Crippen molar-refractivity contribution in [2.45, 2.75) is 12.6 Å². The number of carbonyl (C=O) groups is 1. The number of carbonyl (C=O) groups excluding carboxylic acids is 1. The van der Waals surface area contributed by atoms with Gasteiger partial charge < -0.3 is 10.6 Å². The number of amides is 1. The third-order valence-electron chi connectivity index (χ3n) is 4.35. The number of hydrogen-bond acceptors (Lipinski definition) is 5. The third-order valence-corrected chi connectivity index (χ3v) is 4.59. The van der Waals surface area contributed by atoms with Crippen LogP contribution in [0.15, 0.2) is 59.8 Å². The van der Waals surface area contributed by atoms with Crippen LogP contribution in [0.2, 0.25) is 5.02 Å². The van der Waals surface area contributed by atoms with E-state index in [4.69, 9.17) is 11.6 Å². The van der Waals surface area contributed by atoms with Crippen LogP contribution in [-0.2, 0) is 5.66 Å². The van der Waals surface area contributed by atoms with Crippen molar-refractivity contribution in [2.75, 3.05) is 5.32 Å². The van der Waals surface area contributed by atoms with Gasteiger partial charge in [0, 0.05) is 11.2 Å². The molecule has 1 atom stereocenters. The molecular formula is C18H14ClN5O2. The molecule has 26 heavy (non-hydrogen) atoms. The predicted octanol–water partition coefficient (Wildman–Crippen LogP) is 2.50. The molecule has 1 amide bonds. The second kappa shape index (κ2) is 5.96. The fraction of sp³-hybridized carbons (Fsp3) is 0.111. The van der Waals surface area contributed by atoms with Crippen molar-refractivity contribution in [2.24, 2.45) is 0 Å². The SMILES string of the molecule is CC1(c2cccc(Cl)c2)NC(=O)c2ccc(Nc3ccncn3)c(=O)n21. The molecule has 0 saturated carbocycles. The lowest BCUT2D eigenvalue weighted by molar-refractivity contribution is 0.0941. The van der Waals surface area contributed by atoms with Gasteiger partial charge in [-0.15, -0.1) is 0 Å². The van der Waals surface area contributed by atoms with Crippen molar-refractivity contribution in [3.8, 4) is 0 Å². The molecule has 4 rings (SSSR count). The standard InChI is InChI=1S/C18H14ClN5O2/c1-18(11-3-2-4-12(19)9-11)23-16(25)14-6-5-13(17(26)24(14)18)22-15-7-8-20-10-21-15/h2-10H,1H3,(H,23,25)(H,20,21,22). The van der Waals surface area contributed by atoms with E-state index in [1.54, 1.807) is 49.5 Å². The Morgan fingerprint density at radius 2 is 2.04 bits per heavy atom. The molecule has 1 aliphatic rings. The zero-order chi connectivity index (χ0) is 18.3. The molecule has 0 aliphatic carbocycles. The summed E-state index contributed by atoms with van der Waals surface area (Å²) >= 11 is 6.10. The molecule has 1 aromatic carbocycles. The summed E-state index contributed by atoms with van der Waals surface area (Å²) in [4.78, 5) is 33.4. The molecule has 1 unspecified atom stereocenters. The van der Waals surface area contributed by atoms with Gasteiger partial charge in [0.2, 0.25) is 0 Å². The van der Waals surface area contributed by atoms with Crippen molar-refractivity contribution in [3.63, 3.8) is 0 Å². The Balaban J connectivity index is 1.87. The van der Waals surface area contributed by atoms with Gasteiger partial charge in [0.15, 0.2) is 0 Å². The van der Waals surface area contributed by atoms with E-state index in [1.807, 2.05) is 6.07 Å². The van der Waals surface area contributed by atoms with Crippen molar-refractivity contribution >= 4 is 29.0 Å². The molecule has 0 spiro atoms. The van der Waals surface area contributed by atoms with E-state index in [0.29, 0.717) is 22.1 Å². The Hall–Kier alpha value is -3.19. The van der Waals surface area contributed by atoms with E-state index in [9.17, 15) is 9.59 Å². The highest BCUT2D eigenvalue weighted by Crippen LogP contribution is 2.30. The summed E-state index contributed by atoms with van der Waals surface area (Å²) in [5, 5.41) is 6.37. The first-order valence-corrected chi connectivity index (χ1v) is 8.25. The van der Waals surface area contributed by atoms with Gasteiger partial charge in [-0.05, 0) is 42.8 Å². The molecule has 0 bridgehead atoms. The fourth-order valence-electron chi connectivity index (χ4n) is 3.09. The van der Waals surface area contributed by atoms with Crippen LogP contribution in [0.25, 0.3) is 0 Å². The van der Waals surface area contributed by atoms with Gasteiger partial charge in [-0.3, -0.25) is 14.2 Å². The van der Waals surface area contributed by atoms with Crippen LogP contribution >= 0.6 is 11.6 Å². The number of nitrogens with zero attached hydrogens (tertiary/aromatic N) is 3. The second-order valence-corrected chi connectivity index (χ2v) is 6.47. The average Bonchev–Trinajstić information content (AvgIpc) is 2.90. The summed E-state index contributed by atoms with van der Waals surface area (Å²) in [5.74, 6) is 0.164. The fourth-order valence-corrected chi connectivity index (χ4v) is 3.28. The maximum absolute atomic E-state index is 13.1. The van der Waals surface area contributed by atoms with Crippen LogP contribution < -0.4 is 16.2 Å². The summed E-state index contributed by atoms with van der Waals surface area (Å²) in [7, 11) is 0. The zero-order valence-corrected chi connectivity index (χ0v) is 14.5. The van der Waals surface area contributed by atoms with Crippen LogP contribution in [0.1, 0.15) is 23.0 Å². The minimum absolute atomic E-state index is 0.283. The van der Waals surface area contributed by atoms with Crippen LogP contribution in [0.4, 0.5) is 11.5 Å². The number of hydrogen-bond donors (Lipinski definition) is 2. The molecule has 7 nitrogen and oxygen atoms in total. The predicted molar refractivity (Wildman–Crippen MR) is 97.7 cm³/mol. The maximum Gasteiger partial charge on any atom is 0.277 e. The summed E-state index contributed by atoms with van der Waals surface area (Å²) in [6.45, 7) is 1.77. The van der Waals surface area contributed by atoms with E-state index in [0.717, 1.165) is 0 Å². The number of fused-ring (bicyclic) bond motifs is 1. The highest BCUT2D eigenvalue weighted by Gasteiger charge is 2.41. The molecule has 8 heteroatoms. The molecule has 130 valence electrons. The molecule has 3 heterocycles. The van der Waals surface area contributed by atoms with E-state index >= 15 is 0 Å². The van der Waals surface area contributed by atoms with E-state index in [-0.39, 0.29) is 17.2 Å². The number of halogens is 1.